The van der Waals surface area contributed by atoms with Crippen LogP contribution < -0.4 is 5.46 Å². The maximum Gasteiger partial charge on any atom is 0.490 e. The minimum atomic E-state index is -1.60. The van der Waals surface area contributed by atoms with E-state index < -0.39 is 7.12 Å². The van der Waals surface area contributed by atoms with Gasteiger partial charge in [0.15, 0.2) is 0 Å². The summed E-state index contributed by atoms with van der Waals surface area (Å²) in [6.07, 6.45) is 0. The molecule has 2 N–H and O–H groups in total. The SMILES string of the molecule is OB(O)c1cc(Cl)cc(Br)c1Cl. The van der Waals surface area contributed by atoms with Gasteiger partial charge in [-0.05, 0) is 28.1 Å². The second-order valence-electron chi connectivity index (χ2n) is 2.16. The molecule has 0 fully saturated rings. The van der Waals surface area contributed by atoms with E-state index >= 15 is 0 Å². The van der Waals surface area contributed by atoms with Crippen molar-refractivity contribution in [1.29, 1.82) is 0 Å². The Bertz CT molecular complexity index is 306. The maximum atomic E-state index is 8.85. The van der Waals surface area contributed by atoms with Gasteiger partial charge in [0.25, 0.3) is 0 Å². The summed E-state index contributed by atoms with van der Waals surface area (Å²) in [5, 5.41) is 18.3. The molecular weight excluding hydrogens is 266 g/mol. The molecule has 0 aromatic heterocycles. The molecule has 64 valence electrons. The van der Waals surface area contributed by atoms with Crippen LogP contribution >= 0.6 is 39.1 Å². The van der Waals surface area contributed by atoms with E-state index in [2.05, 4.69) is 15.9 Å². The number of hydrogen-bond donors (Lipinski definition) is 2. The topological polar surface area (TPSA) is 40.5 Å². The molecule has 0 bridgehead atoms. The van der Waals surface area contributed by atoms with Crippen molar-refractivity contribution < 1.29 is 10.0 Å². The van der Waals surface area contributed by atoms with Crippen LogP contribution in [0.1, 0.15) is 0 Å². The van der Waals surface area contributed by atoms with Crippen molar-refractivity contribution in [1.82, 2.24) is 0 Å². The van der Waals surface area contributed by atoms with E-state index in [0.717, 1.165) is 0 Å². The first kappa shape index (κ1) is 10.3. The summed E-state index contributed by atoms with van der Waals surface area (Å²) in [5.41, 5.74) is 0.191. The molecule has 2 nitrogen and oxygen atoms in total. The van der Waals surface area contributed by atoms with Crippen molar-refractivity contribution in [3.63, 3.8) is 0 Å². The van der Waals surface area contributed by atoms with E-state index in [1.807, 2.05) is 0 Å². The molecule has 0 aliphatic rings. The fourth-order valence-corrected chi connectivity index (χ4v) is 1.80. The van der Waals surface area contributed by atoms with Crippen LogP contribution in [0.15, 0.2) is 16.6 Å². The molecule has 0 amide bonds. The average Bonchev–Trinajstić information content (AvgIpc) is 1.96. The zero-order chi connectivity index (χ0) is 9.30. The van der Waals surface area contributed by atoms with Crippen LogP contribution in [-0.2, 0) is 0 Å². The molecule has 0 heterocycles. The molecule has 1 aromatic carbocycles. The molecule has 1 rings (SSSR count). The van der Waals surface area contributed by atoms with Crippen molar-refractivity contribution in [2.75, 3.05) is 0 Å². The lowest BCUT2D eigenvalue weighted by atomic mass is 9.80. The molecule has 0 aliphatic heterocycles. The lowest BCUT2D eigenvalue weighted by molar-refractivity contribution is 0.426. The molecule has 6 heteroatoms. The van der Waals surface area contributed by atoms with Gasteiger partial charge in [-0.15, -0.1) is 0 Å². The molecular formula is C6H4BBrCl2O2. The lowest BCUT2D eigenvalue weighted by Gasteiger charge is -2.04. The van der Waals surface area contributed by atoms with Gasteiger partial charge in [0, 0.05) is 15.0 Å². The number of rotatable bonds is 1. The zero-order valence-electron chi connectivity index (χ0n) is 5.76. The number of halogens is 3. The fraction of sp³-hybridized carbons (Fsp3) is 0. The van der Waals surface area contributed by atoms with Crippen molar-refractivity contribution in [3.05, 3.63) is 26.7 Å². The van der Waals surface area contributed by atoms with Crippen LogP contribution in [0.2, 0.25) is 10.0 Å². The highest BCUT2D eigenvalue weighted by atomic mass is 79.9. The monoisotopic (exact) mass is 268 g/mol. The van der Waals surface area contributed by atoms with Crippen LogP contribution in [0.25, 0.3) is 0 Å². The molecule has 0 atom stereocenters. The highest BCUT2D eigenvalue weighted by Crippen LogP contribution is 2.24. The second kappa shape index (κ2) is 3.98. The second-order valence-corrected chi connectivity index (χ2v) is 3.83. The number of benzene rings is 1. The zero-order valence-corrected chi connectivity index (χ0v) is 8.86. The molecule has 0 saturated carbocycles. The molecule has 0 spiro atoms. The Morgan fingerprint density at radius 3 is 2.33 bits per heavy atom. The first-order valence-corrected chi connectivity index (χ1v) is 4.58. The summed E-state index contributed by atoms with van der Waals surface area (Å²) < 4.78 is 0.541. The fourth-order valence-electron chi connectivity index (χ4n) is 0.764. The van der Waals surface area contributed by atoms with Gasteiger partial charge in [-0.2, -0.15) is 0 Å². The predicted molar refractivity (Wildman–Crippen MR) is 54.0 cm³/mol. The Morgan fingerprint density at radius 2 is 1.83 bits per heavy atom. The van der Waals surface area contributed by atoms with Gasteiger partial charge < -0.3 is 10.0 Å². The Kier molecular flexibility index (Phi) is 3.43. The Hall–Kier alpha value is 0.265. The minimum absolute atomic E-state index is 0.191. The summed E-state index contributed by atoms with van der Waals surface area (Å²) in [5.74, 6) is 0. The largest absolute Gasteiger partial charge is 0.490 e. The van der Waals surface area contributed by atoms with Crippen LogP contribution in [0, 0.1) is 0 Å². The third-order valence-electron chi connectivity index (χ3n) is 1.30. The Balaban J connectivity index is 3.28. The summed E-state index contributed by atoms with van der Waals surface area (Å²) >= 11 is 14.5. The van der Waals surface area contributed by atoms with Gasteiger partial charge in [-0.3, -0.25) is 0 Å². The van der Waals surface area contributed by atoms with E-state index in [0.29, 0.717) is 9.50 Å². The molecule has 0 radical (unpaired) electrons. The molecule has 1 aromatic rings. The van der Waals surface area contributed by atoms with Gasteiger partial charge in [-0.25, -0.2) is 0 Å². The molecule has 12 heavy (non-hydrogen) atoms. The van der Waals surface area contributed by atoms with Crippen molar-refractivity contribution in [3.8, 4) is 0 Å². The van der Waals surface area contributed by atoms with E-state index in [9.17, 15) is 0 Å². The first-order valence-electron chi connectivity index (χ1n) is 3.03. The highest BCUT2D eigenvalue weighted by molar-refractivity contribution is 9.10. The summed E-state index contributed by atoms with van der Waals surface area (Å²) in [6.45, 7) is 0. The molecule has 0 saturated heterocycles. The van der Waals surface area contributed by atoms with E-state index in [4.69, 9.17) is 33.2 Å². The normalized spacial score (nSPS) is 10.1. The minimum Gasteiger partial charge on any atom is -0.423 e. The van der Waals surface area contributed by atoms with Crippen molar-refractivity contribution in [2.45, 2.75) is 0 Å². The quantitative estimate of drug-likeness (QED) is 0.598. The van der Waals surface area contributed by atoms with Crippen LogP contribution in [-0.4, -0.2) is 17.2 Å². The van der Waals surface area contributed by atoms with E-state index in [-0.39, 0.29) is 10.5 Å². The average molecular weight is 270 g/mol. The van der Waals surface area contributed by atoms with Crippen LogP contribution in [0.4, 0.5) is 0 Å². The van der Waals surface area contributed by atoms with Gasteiger partial charge >= 0.3 is 7.12 Å². The van der Waals surface area contributed by atoms with Crippen molar-refractivity contribution >= 4 is 51.7 Å². The molecule has 0 aliphatic carbocycles. The Labute approximate surface area is 88.4 Å². The van der Waals surface area contributed by atoms with Gasteiger partial charge in [-0.1, -0.05) is 23.2 Å². The predicted octanol–water partition coefficient (Wildman–Crippen LogP) is 1.44. The third kappa shape index (κ3) is 2.15. The van der Waals surface area contributed by atoms with Crippen LogP contribution in [0.5, 0.6) is 0 Å². The van der Waals surface area contributed by atoms with E-state index in [1.165, 1.54) is 6.07 Å². The lowest BCUT2D eigenvalue weighted by Crippen LogP contribution is -2.30. The highest BCUT2D eigenvalue weighted by Gasteiger charge is 2.17. The van der Waals surface area contributed by atoms with Gasteiger partial charge in [0.1, 0.15) is 0 Å². The molecule has 0 unspecified atom stereocenters. The number of hydrogen-bond acceptors (Lipinski definition) is 2. The summed E-state index contributed by atoms with van der Waals surface area (Å²) in [6, 6.07) is 2.98. The standard InChI is InChI=1S/C6H4BBrCl2O2/c8-5-2-3(9)1-4(6(5)10)7(11)12/h1-2,11-12H. The first-order chi connectivity index (χ1) is 5.52. The van der Waals surface area contributed by atoms with Crippen LogP contribution in [0.3, 0.4) is 0 Å². The third-order valence-corrected chi connectivity index (χ3v) is 2.79. The summed E-state index contributed by atoms with van der Waals surface area (Å²) in [7, 11) is -1.60. The van der Waals surface area contributed by atoms with Gasteiger partial charge in [0.05, 0.1) is 5.02 Å². The van der Waals surface area contributed by atoms with Crippen molar-refractivity contribution in [2.24, 2.45) is 0 Å². The smallest absolute Gasteiger partial charge is 0.423 e. The Morgan fingerprint density at radius 1 is 1.25 bits per heavy atom. The summed E-state index contributed by atoms with van der Waals surface area (Å²) in [4.78, 5) is 0. The van der Waals surface area contributed by atoms with Gasteiger partial charge in [0.2, 0.25) is 0 Å². The van der Waals surface area contributed by atoms with E-state index in [1.54, 1.807) is 6.07 Å². The maximum absolute atomic E-state index is 8.85.